The van der Waals surface area contributed by atoms with Gasteiger partial charge in [-0.25, -0.2) is 0 Å². The normalized spacial score (nSPS) is 12.1. The summed E-state index contributed by atoms with van der Waals surface area (Å²) in [7, 11) is 1.94. The topological polar surface area (TPSA) is 59.8 Å². The van der Waals surface area contributed by atoms with Crippen molar-refractivity contribution in [3.05, 3.63) is 57.0 Å². The Morgan fingerprint density at radius 3 is 2.76 bits per heavy atom. The first-order valence-electron chi connectivity index (χ1n) is 7.66. The molecule has 0 fully saturated rings. The summed E-state index contributed by atoms with van der Waals surface area (Å²) in [6, 6.07) is 11.6. The van der Waals surface area contributed by atoms with Gasteiger partial charge in [-0.1, -0.05) is 33.8 Å². The van der Waals surface area contributed by atoms with Crippen LogP contribution < -0.4 is 5.32 Å². The molecule has 0 radical (unpaired) electrons. The highest BCUT2D eigenvalue weighted by atomic mass is 79.9. The first kappa shape index (κ1) is 18.2. The molecule has 0 spiro atoms. The summed E-state index contributed by atoms with van der Waals surface area (Å²) in [5.41, 5.74) is 0.775. The minimum Gasteiger partial charge on any atom is -0.325 e. The molecular weight excluding hydrogens is 420 g/mol. The van der Waals surface area contributed by atoms with Crippen molar-refractivity contribution in [1.29, 1.82) is 0 Å². The Morgan fingerprint density at radius 1 is 1.32 bits per heavy atom. The molecule has 25 heavy (non-hydrogen) atoms. The Hall–Kier alpha value is -1.64. The molecule has 0 saturated carbocycles. The third-order valence-electron chi connectivity index (χ3n) is 3.60. The lowest BCUT2D eigenvalue weighted by Crippen LogP contribution is -2.22. The lowest BCUT2D eigenvalue weighted by atomic mass is 10.3. The number of thiophene rings is 1. The van der Waals surface area contributed by atoms with Gasteiger partial charge in [0.1, 0.15) is 5.82 Å². The van der Waals surface area contributed by atoms with E-state index in [4.69, 9.17) is 0 Å². The average Bonchev–Trinajstić information content (AvgIpc) is 3.22. The lowest BCUT2D eigenvalue weighted by Gasteiger charge is -2.11. The first-order valence-corrected chi connectivity index (χ1v) is 10.2. The van der Waals surface area contributed by atoms with Crippen LogP contribution in [0.25, 0.3) is 0 Å². The molecule has 1 N–H and O–H groups in total. The molecule has 1 aromatic carbocycles. The number of nitrogens with one attached hydrogen (secondary N) is 1. The van der Waals surface area contributed by atoms with Crippen molar-refractivity contribution in [3.8, 4) is 0 Å². The van der Waals surface area contributed by atoms with E-state index in [9.17, 15) is 4.79 Å². The Bertz CT molecular complexity index is 846. The molecule has 8 heteroatoms. The van der Waals surface area contributed by atoms with Crippen molar-refractivity contribution >= 4 is 50.6 Å². The summed E-state index contributed by atoms with van der Waals surface area (Å²) >= 11 is 6.49. The standard InChI is InChI=1S/C17H17BrN4OS2/c1-11(16(23)19-13-7-5-12(18)6-8-13)25-17-21-20-15(22(17)2)10-14-4-3-9-24-14/h3-9,11H,10H2,1-2H3,(H,19,23). The largest absolute Gasteiger partial charge is 0.325 e. The van der Waals surface area contributed by atoms with Gasteiger partial charge in [0, 0.05) is 28.5 Å². The molecular formula is C17H17BrN4OS2. The van der Waals surface area contributed by atoms with E-state index in [2.05, 4.69) is 42.9 Å². The van der Waals surface area contributed by atoms with Crippen LogP contribution in [0, 0.1) is 0 Å². The molecule has 2 aromatic heterocycles. The number of carbonyl (C=O) groups is 1. The summed E-state index contributed by atoms with van der Waals surface area (Å²) < 4.78 is 2.93. The number of benzene rings is 1. The van der Waals surface area contributed by atoms with Crippen molar-refractivity contribution in [1.82, 2.24) is 14.8 Å². The van der Waals surface area contributed by atoms with E-state index < -0.39 is 0 Å². The number of amides is 1. The number of halogens is 1. The van der Waals surface area contributed by atoms with Gasteiger partial charge in [-0.15, -0.1) is 21.5 Å². The van der Waals surface area contributed by atoms with E-state index in [0.717, 1.165) is 27.6 Å². The van der Waals surface area contributed by atoms with Crippen LogP contribution in [0.4, 0.5) is 5.69 Å². The van der Waals surface area contributed by atoms with E-state index in [1.807, 2.05) is 48.9 Å². The molecule has 1 amide bonds. The van der Waals surface area contributed by atoms with E-state index in [1.54, 1.807) is 11.3 Å². The van der Waals surface area contributed by atoms with Gasteiger partial charge in [-0.3, -0.25) is 4.79 Å². The maximum Gasteiger partial charge on any atom is 0.237 e. The van der Waals surface area contributed by atoms with Crippen LogP contribution in [0.2, 0.25) is 0 Å². The maximum absolute atomic E-state index is 12.4. The van der Waals surface area contributed by atoms with Gasteiger partial charge in [0.15, 0.2) is 5.16 Å². The molecule has 130 valence electrons. The van der Waals surface area contributed by atoms with Crippen LogP contribution in [0.5, 0.6) is 0 Å². The highest BCUT2D eigenvalue weighted by molar-refractivity contribution is 9.10. The summed E-state index contributed by atoms with van der Waals surface area (Å²) in [5, 5.41) is 13.9. The first-order chi connectivity index (χ1) is 12.0. The fourth-order valence-corrected chi connectivity index (χ4v) is 3.96. The minimum absolute atomic E-state index is 0.0601. The van der Waals surface area contributed by atoms with Gasteiger partial charge in [0.05, 0.1) is 5.25 Å². The number of aromatic nitrogens is 3. The van der Waals surface area contributed by atoms with Crippen molar-refractivity contribution in [2.75, 3.05) is 5.32 Å². The second-order valence-corrected chi connectivity index (χ2v) is 8.73. The molecule has 2 heterocycles. The zero-order valence-electron chi connectivity index (χ0n) is 13.8. The molecule has 3 rings (SSSR count). The summed E-state index contributed by atoms with van der Waals surface area (Å²) in [5.74, 6) is 0.834. The van der Waals surface area contributed by atoms with Crippen LogP contribution in [-0.4, -0.2) is 25.9 Å². The van der Waals surface area contributed by atoms with Crippen molar-refractivity contribution < 1.29 is 4.79 Å². The summed E-state index contributed by atoms with van der Waals surface area (Å²) in [6.45, 7) is 1.87. The van der Waals surface area contributed by atoms with E-state index in [1.165, 1.54) is 16.6 Å². The van der Waals surface area contributed by atoms with Gasteiger partial charge in [-0.05, 0) is 42.6 Å². The molecule has 0 bridgehead atoms. The lowest BCUT2D eigenvalue weighted by molar-refractivity contribution is -0.115. The second-order valence-electron chi connectivity index (χ2n) is 5.47. The smallest absolute Gasteiger partial charge is 0.237 e. The molecule has 0 aliphatic heterocycles. The quantitative estimate of drug-likeness (QED) is 0.583. The fourth-order valence-electron chi connectivity index (χ4n) is 2.16. The third kappa shape index (κ3) is 4.71. The van der Waals surface area contributed by atoms with Crippen LogP contribution in [0.15, 0.2) is 51.4 Å². The molecule has 0 saturated heterocycles. The molecule has 3 aromatic rings. The fraction of sp³-hybridized carbons (Fsp3) is 0.235. The monoisotopic (exact) mass is 436 g/mol. The van der Waals surface area contributed by atoms with Crippen molar-refractivity contribution in [2.45, 2.75) is 23.8 Å². The Morgan fingerprint density at radius 2 is 2.08 bits per heavy atom. The van der Waals surface area contributed by atoms with Gasteiger partial charge >= 0.3 is 0 Å². The number of hydrogen-bond donors (Lipinski definition) is 1. The summed E-state index contributed by atoms with van der Waals surface area (Å²) in [4.78, 5) is 13.6. The Labute approximate surface area is 163 Å². The number of rotatable bonds is 6. The van der Waals surface area contributed by atoms with E-state index in [0.29, 0.717) is 0 Å². The van der Waals surface area contributed by atoms with Gasteiger partial charge in [0.25, 0.3) is 0 Å². The second kappa shape index (κ2) is 8.16. The van der Waals surface area contributed by atoms with E-state index >= 15 is 0 Å². The van der Waals surface area contributed by atoms with Gasteiger partial charge < -0.3 is 9.88 Å². The molecule has 5 nitrogen and oxygen atoms in total. The zero-order chi connectivity index (χ0) is 17.8. The predicted octanol–water partition coefficient (Wildman–Crippen LogP) is 4.35. The molecule has 1 unspecified atom stereocenters. The van der Waals surface area contributed by atoms with Gasteiger partial charge in [0.2, 0.25) is 5.91 Å². The average molecular weight is 437 g/mol. The number of thioether (sulfide) groups is 1. The van der Waals surface area contributed by atoms with Gasteiger partial charge in [-0.2, -0.15) is 0 Å². The Balaban J connectivity index is 1.62. The van der Waals surface area contributed by atoms with Crippen LogP contribution >= 0.6 is 39.0 Å². The predicted molar refractivity (Wildman–Crippen MR) is 106 cm³/mol. The third-order valence-corrected chi connectivity index (χ3v) is 6.14. The number of carbonyl (C=O) groups excluding carboxylic acids is 1. The number of anilines is 1. The number of hydrogen-bond acceptors (Lipinski definition) is 5. The summed E-state index contributed by atoms with van der Waals surface area (Å²) in [6.07, 6.45) is 0.751. The highest BCUT2D eigenvalue weighted by Gasteiger charge is 2.19. The van der Waals surface area contributed by atoms with Crippen LogP contribution in [0.1, 0.15) is 17.6 Å². The minimum atomic E-state index is -0.277. The Kier molecular flexibility index (Phi) is 5.93. The molecule has 0 aliphatic rings. The van der Waals surface area contributed by atoms with Crippen molar-refractivity contribution in [2.24, 2.45) is 7.05 Å². The van der Waals surface area contributed by atoms with Crippen LogP contribution in [-0.2, 0) is 18.3 Å². The van der Waals surface area contributed by atoms with E-state index in [-0.39, 0.29) is 11.2 Å². The maximum atomic E-state index is 12.4. The SMILES string of the molecule is CC(Sc1nnc(Cc2cccs2)n1C)C(=O)Nc1ccc(Br)cc1. The van der Waals surface area contributed by atoms with Crippen LogP contribution in [0.3, 0.4) is 0 Å². The highest BCUT2D eigenvalue weighted by Crippen LogP contribution is 2.24. The zero-order valence-corrected chi connectivity index (χ0v) is 17.0. The van der Waals surface area contributed by atoms with Crippen molar-refractivity contribution in [3.63, 3.8) is 0 Å². The number of nitrogens with zero attached hydrogens (tertiary/aromatic N) is 3. The molecule has 1 atom stereocenters. The molecule has 0 aliphatic carbocycles.